The number of aromatic nitrogens is 1. The smallest absolute Gasteiger partial charge is 0.185 e. The molecule has 1 unspecified atom stereocenters. The van der Waals surface area contributed by atoms with Crippen molar-refractivity contribution in [1.29, 1.82) is 0 Å². The molecule has 3 rings (SSSR count). The van der Waals surface area contributed by atoms with Crippen molar-refractivity contribution < 1.29 is 9.13 Å². The van der Waals surface area contributed by atoms with Crippen LogP contribution in [-0.4, -0.2) is 31.2 Å². The first kappa shape index (κ1) is 17.2. The number of nitrogens with one attached hydrogen (secondary N) is 1. The number of hydrogen-bond acceptors (Lipinski definition) is 5. The number of halogens is 1. The highest BCUT2D eigenvalue weighted by molar-refractivity contribution is 7.13. The Kier molecular flexibility index (Phi) is 5.36. The molecule has 130 valence electrons. The van der Waals surface area contributed by atoms with E-state index in [1.54, 1.807) is 23.5 Å². The van der Waals surface area contributed by atoms with E-state index in [9.17, 15) is 4.39 Å². The molecule has 0 spiro atoms. The molecule has 6 heteroatoms. The van der Waals surface area contributed by atoms with Crippen molar-refractivity contribution in [3.63, 3.8) is 0 Å². The van der Waals surface area contributed by atoms with E-state index in [2.05, 4.69) is 27.5 Å². The predicted molar refractivity (Wildman–Crippen MR) is 96.6 cm³/mol. The average molecular weight is 349 g/mol. The second kappa shape index (κ2) is 7.49. The third-order valence-corrected chi connectivity index (χ3v) is 5.55. The molecule has 1 aliphatic heterocycles. The molecule has 0 bridgehead atoms. The van der Waals surface area contributed by atoms with E-state index in [0.29, 0.717) is 6.04 Å². The Hall–Kier alpha value is -1.66. The zero-order valence-corrected chi connectivity index (χ0v) is 15.2. The highest BCUT2D eigenvalue weighted by Gasteiger charge is 2.22. The lowest BCUT2D eigenvalue weighted by Gasteiger charge is -2.34. The maximum Gasteiger partial charge on any atom is 0.185 e. The molecule has 0 saturated carbocycles. The van der Waals surface area contributed by atoms with Crippen LogP contribution in [0, 0.1) is 12.7 Å². The minimum atomic E-state index is -0.308. The predicted octanol–water partition coefficient (Wildman–Crippen LogP) is 3.92. The van der Waals surface area contributed by atoms with E-state index in [1.807, 2.05) is 13.0 Å². The molecule has 0 amide bonds. The Bertz CT molecular complexity index is 683. The SMILES string of the molecule is COc1ccc(C(C)NC2CCN(c3nc(C)cs3)CC2)cc1F. The Morgan fingerprint density at radius 2 is 2.12 bits per heavy atom. The van der Waals surface area contributed by atoms with Gasteiger partial charge >= 0.3 is 0 Å². The standard InChI is InChI=1S/C18H24FN3OS/c1-12-11-24-18(20-12)22-8-6-15(7-9-22)21-13(2)14-4-5-17(23-3)16(19)10-14/h4-5,10-11,13,15,21H,6-9H2,1-3H3. The summed E-state index contributed by atoms with van der Waals surface area (Å²) in [5, 5.41) is 6.84. The number of hydrogen-bond donors (Lipinski definition) is 1. The number of anilines is 1. The topological polar surface area (TPSA) is 37.4 Å². The van der Waals surface area contributed by atoms with Gasteiger partial charge in [-0.15, -0.1) is 11.3 Å². The molecule has 1 saturated heterocycles. The maximum atomic E-state index is 13.9. The summed E-state index contributed by atoms with van der Waals surface area (Å²) < 4.78 is 18.8. The van der Waals surface area contributed by atoms with Crippen LogP contribution >= 0.6 is 11.3 Å². The molecule has 1 aromatic heterocycles. The van der Waals surface area contributed by atoms with Crippen LogP contribution in [-0.2, 0) is 0 Å². The highest BCUT2D eigenvalue weighted by Crippen LogP contribution is 2.26. The summed E-state index contributed by atoms with van der Waals surface area (Å²) in [7, 11) is 1.48. The first-order valence-corrected chi connectivity index (χ1v) is 9.21. The number of nitrogens with zero attached hydrogens (tertiary/aromatic N) is 2. The van der Waals surface area contributed by atoms with Gasteiger partial charge in [-0.25, -0.2) is 9.37 Å². The lowest BCUT2D eigenvalue weighted by molar-refractivity contribution is 0.374. The molecule has 1 atom stereocenters. The lowest BCUT2D eigenvalue weighted by Crippen LogP contribution is -2.43. The fourth-order valence-corrected chi connectivity index (χ4v) is 3.98. The van der Waals surface area contributed by atoms with Gasteiger partial charge in [0.05, 0.1) is 12.8 Å². The number of methoxy groups -OCH3 is 1. The summed E-state index contributed by atoms with van der Waals surface area (Å²) >= 11 is 1.71. The number of piperidine rings is 1. The summed E-state index contributed by atoms with van der Waals surface area (Å²) in [5.41, 5.74) is 2.04. The van der Waals surface area contributed by atoms with Gasteiger partial charge in [-0.05, 0) is 44.4 Å². The maximum absolute atomic E-state index is 13.9. The highest BCUT2D eigenvalue weighted by atomic mass is 32.1. The molecule has 4 nitrogen and oxygen atoms in total. The largest absolute Gasteiger partial charge is 0.494 e. The van der Waals surface area contributed by atoms with Gasteiger partial charge in [0.25, 0.3) is 0 Å². The summed E-state index contributed by atoms with van der Waals surface area (Å²) in [4.78, 5) is 6.92. The van der Waals surface area contributed by atoms with Gasteiger partial charge in [-0.3, -0.25) is 0 Å². The molecule has 24 heavy (non-hydrogen) atoms. The molecule has 0 aliphatic carbocycles. The van der Waals surface area contributed by atoms with E-state index < -0.39 is 0 Å². The number of ether oxygens (including phenoxy) is 1. The van der Waals surface area contributed by atoms with Gasteiger partial charge in [-0.1, -0.05) is 6.07 Å². The van der Waals surface area contributed by atoms with E-state index in [0.717, 1.165) is 42.3 Å². The lowest BCUT2D eigenvalue weighted by atomic mass is 10.0. The fraction of sp³-hybridized carbons (Fsp3) is 0.500. The van der Waals surface area contributed by atoms with Crippen molar-refractivity contribution in [2.75, 3.05) is 25.1 Å². The molecule has 0 radical (unpaired) electrons. The molecule has 1 fully saturated rings. The number of thiazole rings is 1. The van der Waals surface area contributed by atoms with Gasteiger partial charge in [0.15, 0.2) is 16.7 Å². The van der Waals surface area contributed by atoms with Gasteiger partial charge in [-0.2, -0.15) is 0 Å². The Labute approximate surface area is 146 Å². The Balaban J connectivity index is 1.54. The van der Waals surface area contributed by atoms with Crippen molar-refractivity contribution in [2.45, 2.75) is 38.8 Å². The molecular formula is C18H24FN3OS. The van der Waals surface area contributed by atoms with Crippen LogP contribution in [0.25, 0.3) is 0 Å². The van der Waals surface area contributed by atoms with Gasteiger partial charge in [0.1, 0.15) is 0 Å². The second-order valence-electron chi connectivity index (χ2n) is 6.32. The third-order valence-electron chi connectivity index (χ3n) is 4.53. The van der Waals surface area contributed by atoms with Crippen LogP contribution in [0.2, 0.25) is 0 Å². The number of rotatable bonds is 5. The van der Waals surface area contributed by atoms with Crippen LogP contribution in [0.5, 0.6) is 5.75 Å². The number of aryl methyl sites for hydroxylation is 1. The van der Waals surface area contributed by atoms with Crippen molar-refractivity contribution in [2.24, 2.45) is 0 Å². The normalized spacial score (nSPS) is 17.1. The van der Waals surface area contributed by atoms with Crippen molar-refractivity contribution in [3.8, 4) is 5.75 Å². The fourth-order valence-electron chi connectivity index (χ4n) is 3.13. The molecular weight excluding hydrogens is 325 g/mol. The van der Waals surface area contributed by atoms with Crippen molar-refractivity contribution >= 4 is 16.5 Å². The van der Waals surface area contributed by atoms with Crippen molar-refractivity contribution in [1.82, 2.24) is 10.3 Å². The van der Waals surface area contributed by atoms with Gasteiger partial charge < -0.3 is 15.0 Å². The minimum absolute atomic E-state index is 0.115. The van der Waals surface area contributed by atoms with Crippen LogP contribution in [0.15, 0.2) is 23.6 Å². The van der Waals surface area contributed by atoms with Gasteiger partial charge in [0.2, 0.25) is 0 Å². The monoisotopic (exact) mass is 349 g/mol. The van der Waals surface area contributed by atoms with Crippen LogP contribution in [0.3, 0.4) is 0 Å². The average Bonchev–Trinajstić information content (AvgIpc) is 3.02. The van der Waals surface area contributed by atoms with E-state index in [1.165, 1.54) is 7.11 Å². The molecule has 1 N–H and O–H groups in total. The zero-order valence-electron chi connectivity index (χ0n) is 14.4. The molecule has 1 aromatic carbocycles. The first-order valence-electron chi connectivity index (χ1n) is 8.33. The van der Waals surface area contributed by atoms with Crippen LogP contribution < -0.4 is 15.0 Å². The van der Waals surface area contributed by atoms with E-state index in [4.69, 9.17) is 4.74 Å². The van der Waals surface area contributed by atoms with Crippen molar-refractivity contribution in [3.05, 3.63) is 40.7 Å². The summed E-state index contributed by atoms with van der Waals surface area (Å²) in [5.74, 6) is -0.0180. The summed E-state index contributed by atoms with van der Waals surface area (Å²) in [6.45, 7) is 6.13. The molecule has 2 aromatic rings. The summed E-state index contributed by atoms with van der Waals surface area (Å²) in [6.07, 6.45) is 2.14. The molecule has 1 aliphatic rings. The summed E-state index contributed by atoms with van der Waals surface area (Å²) in [6, 6.07) is 5.74. The zero-order chi connectivity index (χ0) is 17.1. The third kappa shape index (κ3) is 3.87. The van der Waals surface area contributed by atoms with Crippen LogP contribution in [0.4, 0.5) is 9.52 Å². The first-order chi connectivity index (χ1) is 11.6. The minimum Gasteiger partial charge on any atom is -0.494 e. The quantitative estimate of drug-likeness (QED) is 0.888. The Morgan fingerprint density at radius 3 is 2.71 bits per heavy atom. The van der Waals surface area contributed by atoms with Gasteiger partial charge in [0, 0.05) is 30.6 Å². The van der Waals surface area contributed by atoms with E-state index in [-0.39, 0.29) is 17.6 Å². The van der Waals surface area contributed by atoms with Crippen LogP contribution in [0.1, 0.15) is 37.1 Å². The molecule has 2 heterocycles. The van der Waals surface area contributed by atoms with E-state index >= 15 is 0 Å². The Morgan fingerprint density at radius 1 is 1.38 bits per heavy atom. The second-order valence-corrected chi connectivity index (χ2v) is 7.15. The number of benzene rings is 1.